The number of nitrogens with one attached hydrogen (secondary N) is 1. The molecular formula is C14H29N2O. The van der Waals surface area contributed by atoms with E-state index in [1.54, 1.807) is 7.11 Å². The van der Waals surface area contributed by atoms with E-state index >= 15 is 0 Å². The first-order valence-corrected chi connectivity index (χ1v) is 6.80. The smallest absolute Gasteiger partial charge is 0.0575 e. The van der Waals surface area contributed by atoms with Crippen LogP contribution < -0.4 is 5.73 Å². The minimum atomic E-state index is 0.0220. The SMILES string of the molecule is CCCC([NH])C1CC(C)(C)N(OC)C(C)(C)C1. The zero-order valence-corrected chi connectivity index (χ0v) is 12.3. The maximum absolute atomic E-state index is 8.28. The lowest BCUT2D eigenvalue weighted by Crippen LogP contribution is -2.61. The predicted molar refractivity (Wildman–Crippen MR) is 71.5 cm³/mol. The van der Waals surface area contributed by atoms with Gasteiger partial charge in [-0.1, -0.05) is 13.3 Å². The topological polar surface area (TPSA) is 36.3 Å². The van der Waals surface area contributed by atoms with Gasteiger partial charge >= 0.3 is 0 Å². The highest BCUT2D eigenvalue weighted by atomic mass is 16.7. The molecule has 1 atom stereocenters. The van der Waals surface area contributed by atoms with Gasteiger partial charge in [0.15, 0.2) is 0 Å². The molecule has 0 aromatic carbocycles. The average molecular weight is 241 g/mol. The molecule has 1 radical (unpaired) electrons. The van der Waals surface area contributed by atoms with E-state index in [9.17, 15) is 0 Å². The Morgan fingerprint density at radius 3 is 2.06 bits per heavy atom. The Bertz CT molecular complexity index is 233. The average Bonchev–Trinajstić information content (AvgIpc) is 2.14. The lowest BCUT2D eigenvalue weighted by Gasteiger charge is -2.54. The Balaban J connectivity index is 2.83. The first kappa shape index (κ1) is 14.9. The number of rotatable bonds is 4. The molecule has 1 aliphatic heterocycles. The van der Waals surface area contributed by atoms with Crippen molar-refractivity contribution >= 4 is 0 Å². The fraction of sp³-hybridized carbons (Fsp3) is 1.00. The predicted octanol–water partition coefficient (Wildman–Crippen LogP) is 3.27. The third-order valence-electron chi connectivity index (χ3n) is 3.97. The summed E-state index contributed by atoms with van der Waals surface area (Å²) < 4.78 is 0. The fourth-order valence-electron chi connectivity index (χ4n) is 3.67. The van der Waals surface area contributed by atoms with Gasteiger partial charge in [-0.05, 0) is 52.9 Å². The van der Waals surface area contributed by atoms with Crippen LogP contribution in [-0.4, -0.2) is 29.3 Å². The van der Waals surface area contributed by atoms with Crippen molar-refractivity contribution in [3.05, 3.63) is 0 Å². The summed E-state index contributed by atoms with van der Waals surface area (Å²) in [6.07, 6.45) is 4.24. The second-order valence-electron chi connectivity index (χ2n) is 6.67. The first-order chi connectivity index (χ1) is 7.74. The summed E-state index contributed by atoms with van der Waals surface area (Å²) in [5, 5.41) is 2.12. The summed E-state index contributed by atoms with van der Waals surface area (Å²) in [5.74, 6) is 0.492. The van der Waals surface area contributed by atoms with Crippen LogP contribution in [0.15, 0.2) is 0 Å². The van der Waals surface area contributed by atoms with E-state index < -0.39 is 0 Å². The molecule has 0 bridgehead atoms. The minimum absolute atomic E-state index is 0.0220. The number of piperidine rings is 1. The van der Waals surface area contributed by atoms with Crippen LogP contribution in [0.2, 0.25) is 0 Å². The van der Waals surface area contributed by atoms with Gasteiger partial charge in [-0.25, -0.2) is 0 Å². The number of nitrogens with zero attached hydrogens (tertiary/aromatic N) is 1. The van der Waals surface area contributed by atoms with Crippen molar-refractivity contribution in [2.24, 2.45) is 5.92 Å². The standard InChI is InChI=1S/C14H29N2O/c1-7-8-12(15)11-9-13(2,3)16(17-6)14(4,5)10-11/h11-12,15H,7-10H2,1-6H3. The van der Waals surface area contributed by atoms with Gasteiger partial charge in [0, 0.05) is 17.1 Å². The normalized spacial score (nSPS) is 27.0. The van der Waals surface area contributed by atoms with Gasteiger partial charge in [-0.15, -0.1) is 0 Å². The van der Waals surface area contributed by atoms with Crippen LogP contribution in [0.3, 0.4) is 0 Å². The molecule has 3 nitrogen and oxygen atoms in total. The maximum atomic E-state index is 8.28. The second-order valence-corrected chi connectivity index (χ2v) is 6.67. The molecule has 1 unspecified atom stereocenters. The third-order valence-corrected chi connectivity index (χ3v) is 3.97. The van der Waals surface area contributed by atoms with Crippen molar-refractivity contribution in [1.82, 2.24) is 10.8 Å². The zero-order valence-electron chi connectivity index (χ0n) is 12.3. The molecular weight excluding hydrogens is 212 g/mol. The van der Waals surface area contributed by atoms with E-state index in [4.69, 9.17) is 10.6 Å². The lowest BCUT2D eigenvalue weighted by molar-refractivity contribution is -0.272. The second kappa shape index (κ2) is 5.25. The van der Waals surface area contributed by atoms with E-state index in [1.165, 1.54) is 0 Å². The first-order valence-electron chi connectivity index (χ1n) is 6.80. The van der Waals surface area contributed by atoms with Gasteiger partial charge in [0.2, 0.25) is 0 Å². The molecule has 1 N–H and O–H groups in total. The van der Waals surface area contributed by atoms with Gasteiger partial charge in [0.1, 0.15) is 0 Å². The summed E-state index contributed by atoms with van der Waals surface area (Å²) in [6, 6.07) is 0.0811. The highest BCUT2D eigenvalue weighted by molar-refractivity contribution is 4.98. The molecule has 0 saturated carbocycles. The minimum Gasteiger partial charge on any atom is -0.301 e. The van der Waals surface area contributed by atoms with Gasteiger partial charge in [0.25, 0.3) is 0 Å². The lowest BCUT2D eigenvalue weighted by atomic mass is 9.72. The highest BCUT2D eigenvalue weighted by Crippen LogP contribution is 2.42. The monoisotopic (exact) mass is 241 g/mol. The van der Waals surface area contributed by atoms with E-state index in [-0.39, 0.29) is 17.1 Å². The van der Waals surface area contributed by atoms with E-state index in [2.05, 4.69) is 39.7 Å². The van der Waals surface area contributed by atoms with Crippen LogP contribution in [0.4, 0.5) is 0 Å². The van der Waals surface area contributed by atoms with Crippen LogP contribution in [0.5, 0.6) is 0 Å². The van der Waals surface area contributed by atoms with E-state index in [0.29, 0.717) is 5.92 Å². The highest BCUT2D eigenvalue weighted by Gasteiger charge is 2.47. The van der Waals surface area contributed by atoms with Crippen LogP contribution >= 0.6 is 0 Å². The Hall–Kier alpha value is -0.120. The van der Waals surface area contributed by atoms with Crippen LogP contribution in [0, 0.1) is 5.92 Å². The molecule has 0 aromatic heterocycles. The quantitative estimate of drug-likeness (QED) is 0.757. The third kappa shape index (κ3) is 3.21. The molecule has 101 valence electrons. The Morgan fingerprint density at radius 2 is 1.71 bits per heavy atom. The van der Waals surface area contributed by atoms with Crippen molar-refractivity contribution in [1.29, 1.82) is 0 Å². The van der Waals surface area contributed by atoms with Crippen LogP contribution in [0.1, 0.15) is 60.3 Å². The van der Waals surface area contributed by atoms with Crippen molar-refractivity contribution in [3.8, 4) is 0 Å². The van der Waals surface area contributed by atoms with Gasteiger partial charge in [-0.3, -0.25) is 5.73 Å². The molecule has 0 aliphatic carbocycles. The summed E-state index contributed by atoms with van der Waals surface area (Å²) >= 11 is 0. The van der Waals surface area contributed by atoms with E-state index in [0.717, 1.165) is 25.7 Å². The van der Waals surface area contributed by atoms with Gasteiger partial charge in [0.05, 0.1) is 7.11 Å². The Morgan fingerprint density at radius 1 is 1.24 bits per heavy atom. The number of hydrogen-bond acceptors (Lipinski definition) is 2. The van der Waals surface area contributed by atoms with E-state index in [1.807, 2.05) is 0 Å². The van der Waals surface area contributed by atoms with Gasteiger partial charge < -0.3 is 4.84 Å². The molecule has 1 heterocycles. The molecule has 0 amide bonds. The van der Waals surface area contributed by atoms with Crippen molar-refractivity contribution in [2.75, 3.05) is 7.11 Å². The van der Waals surface area contributed by atoms with Crippen molar-refractivity contribution in [3.63, 3.8) is 0 Å². The summed E-state index contributed by atoms with van der Waals surface area (Å²) in [5.41, 5.74) is 8.33. The van der Waals surface area contributed by atoms with Crippen LogP contribution in [-0.2, 0) is 4.84 Å². The fourth-order valence-corrected chi connectivity index (χ4v) is 3.67. The summed E-state index contributed by atoms with van der Waals surface area (Å²) in [7, 11) is 1.76. The molecule has 17 heavy (non-hydrogen) atoms. The molecule has 1 fully saturated rings. The molecule has 1 rings (SSSR count). The number of hydroxylamine groups is 2. The van der Waals surface area contributed by atoms with Crippen LogP contribution in [0.25, 0.3) is 0 Å². The maximum Gasteiger partial charge on any atom is 0.0575 e. The molecule has 0 spiro atoms. The largest absolute Gasteiger partial charge is 0.301 e. The van der Waals surface area contributed by atoms with Crippen molar-refractivity contribution in [2.45, 2.75) is 77.4 Å². The molecule has 3 heteroatoms. The molecule has 1 saturated heterocycles. The summed E-state index contributed by atoms with van der Waals surface area (Å²) in [6.45, 7) is 11.1. The summed E-state index contributed by atoms with van der Waals surface area (Å²) in [4.78, 5) is 5.58. The Labute approximate surface area is 107 Å². The van der Waals surface area contributed by atoms with Gasteiger partial charge in [-0.2, -0.15) is 5.06 Å². The molecule has 0 aromatic rings. The zero-order chi connectivity index (χ0) is 13.3. The number of hydrogen-bond donors (Lipinski definition) is 0. The molecule has 1 aliphatic rings. The Kier molecular flexibility index (Phi) is 4.61. The van der Waals surface area contributed by atoms with Crippen molar-refractivity contribution < 1.29 is 4.84 Å².